The molecule has 1 aromatic carbocycles. The molecular weight excluding hydrogens is 382 g/mol. The third kappa shape index (κ3) is 21.7. The lowest BCUT2D eigenvalue weighted by molar-refractivity contribution is -0.903. The van der Waals surface area contributed by atoms with Crippen molar-refractivity contribution >= 4 is 6.47 Å². The van der Waals surface area contributed by atoms with E-state index in [1.165, 1.54) is 115 Å². The minimum atomic E-state index is -0.500. The van der Waals surface area contributed by atoms with Crippen LogP contribution in [0.3, 0.4) is 0 Å². The van der Waals surface area contributed by atoms with Crippen molar-refractivity contribution in [1.82, 2.24) is 0 Å². The molecule has 1 aromatic rings. The van der Waals surface area contributed by atoms with Gasteiger partial charge in [0, 0.05) is 12.0 Å². The molecule has 0 heterocycles. The summed E-state index contributed by atoms with van der Waals surface area (Å²) in [6.45, 7) is 4.25. The Balaban J connectivity index is 0.00000282. The van der Waals surface area contributed by atoms with Crippen LogP contribution in [0.4, 0.5) is 0 Å². The molecule has 1 rings (SSSR count). The molecule has 3 nitrogen and oxygen atoms in total. The zero-order chi connectivity index (χ0) is 23.0. The van der Waals surface area contributed by atoms with Crippen molar-refractivity contribution in [2.45, 2.75) is 116 Å². The lowest BCUT2D eigenvalue weighted by Gasteiger charge is -2.30. The first-order valence-electron chi connectivity index (χ1n) is 13.0. The van der Waals surface area contributed by atoms with Crippen molar-refractivity contribution in [3.05, 3.63) is 35.9 Å². The van der Waals surface area contributed by atoms with E-state index >= 15 is 0 Å². The van der Waals surface area contributed by atoms with Gasteiger partial charge in [-0.15, -0.1) is 0 Å². The number of unbranched alkanes of at least 4 members (excludes halogenated alkanes) is 15. The average molecular weight is 434 g/mol. The van der Waals surface area contributed by atoms with Gasteiger partial charge in [0.15, 0.2) is 0 Å². The second kappa shape index (κ2) is 21.9. The minimum Gasteiger partial charge on any atom is -0.554 e. The van der Waals surface area contributed by atoms with Gasteiger partial charge < -0.3 is 14.4 Å². The minimum absolute atomic E-state index is 0.500. The molecular formula is C28H51NO2. The van der Waals surface area contributed by atoms with Crippen molar-refractivity contribution in [1.29, 1.82) is 0 Å². The molecule has 0 saturated carbocycles. The standard InChI is InChI=1S/C27H50N.CH2O2/c1-4-5-6-7-8-9-10-11-12-13-14-15-16-17-18-22-25-28(2,3)26-27-23-20-19-21-24-27;2-1-3/h19-21,23-24H,4-18,22,25-26H2,1-3H3;1H,(H,2,3)/q+1;/p-1. The van der Waals surface area contributed by atoms with E-state index in [0.717, 1.165) is 11.0 Å². The maximum absolute atomic E-state index is 8.25. The van der Waals surface area contributed by atoms with E-state index in [2.05, 4.69) is 51.4 Å². The largest absolute Gasteiger partial charge is 0.554 e. The number of carbonyl (C=O) groups excluding carboxylic acids is 1. The van der Waals surface area contributed by atoms with E-state index < -0.39 is 6.47 Å². The Morgan fingerprint density at radius 3 is 1.42 bits per heavy atom. The van der Waals surface area contributed by atoms with Gasteiger partial charge in [-0.1, -0.05) is 127 Å². The number of carbonyl (C=O) groups is 1. The fourth-order valence-electron chi connectivity index (χ4n) is 4.24. The third-order valence-electron chi connectivity index (χ3n) is 6.07. The summed E-state index contributed by atoms with van der Waals surface area (Å²) in [4.78, 5) is 8.25. The topological polar surface area (TPSA) is 40.1 Å². The molecule has 0 fully saturated rings. The third-order valence-corrected chi connectivity index (χ3v) is 6.07. The van der Waals surface area contributed by atoms with Crippen LogP contribution in [0.25, 0.3) is 0 Å². The van der Waals surface area contributed by atoms with Crippen LogP contribution in [0.2, 0.25) is 0 Å². The summed E-state index contributed by atoms with van der Waals surface area (Å²) < 4.78 is 1.11. The molecule has 0 bridgehead atoms. The first-order valence-corrected chi connectivity index (χ1v) is 13.0. The molecule has 180 valence electrons. The maximum atomic E-state index is 8.25. The SMILES string of the molecule is CCCCCCCCCCCCCCCCCC[N+](C)(C)Cc1ccccc1.O=C[O-]. The monoisotopic (exact) mass is 433 g/mol. The molecule has 0 N–H and O–H groups in total. The van der Waals surface area contributed by atoms with E-state index in [4.69, 9.17) is 9.90 Å². The van der Waals surface area contributed by atoms with Crippen molar-refractivity contribution in [2.75, 3.05) is 20.6 Å². The summed E-state index contributed by atoms with van der Waals surface area (Å²) in [5.74, 6) is 0. The molecule has 0 atom stereocenters. The molecule has 3 heteroatoms. The molecule has 0 spiro atoms. The Hall–Kier alpha value is -1.35. The first-order chi connectivity index (χ1) is 15.1. The highest BCUT2D eigenvalue weighted by Gasteiger charge is 2.14. The second-order valence-corrected chi connectivity index (χ2v) is 9.70. The quantitative estimate of drug-likeness (QED) is 0.135. The molecule has 0 aliphatic heterocycles. The molecule has 0 aliphatic rings. The summed E-state index contributed by atoms with van der Waals surface area (Å²) in [5, 5.41) is 8.25. The molecule has 0 saturated heterocycles. The number of quaternary nitrogens is 1. The number of benzene rings is 1. The molecule has 31 heavy (non-hydrogen) atoms. The van der Waals surface area contributed by atoms with Crippen molar-refractivity contribution in [3.8, 4) is 0 Å². The van der Waals surface area contributed by atoms with Crippen LogP contribution in [-0.2, 0) is 11.3 Å². The number of nitrogens with zero attached hydrogens (tertiary/aromatic N) is 1. The van der Waals surface area contributed by atoms with Crippen LogP contribution < -0.4 is 5.11 Å². The van der Waals surface area contributed by atoms with E-state index in [1.807, 2.05) is 0 Å². The molecule has 0 radical (unpaired) electrons. The predicted octanol–water partition coefficient (Wildman–Crippen LogP) is 6.89. The molecule has 0 aliphatic carbocycles. The normalized spacial score (nSPS) is 11.1. The molecule has 0 unspecified atom stereocenters. The van der Waals surface area contributed by atoms with E-state index in [-0.39, 0.29) is 0 Å². The summed E-state index contributed by atoms with van der Waals surface area (Å²) in [7, 11) is 4.75. The molecule has 0 amide bonds. The van der Waals surface area contributed by atoms with Crippen LogP contribution >= 0.6 is 0 Å². The molecule has 0 aromatic heterocycles. The van der Waals surface area contributed by atoms with Gasteiger partial charge in [-0.2, -0.15) is 0 Å². The maximum Gasteiger partial charge on any atom is 0.104 e. The summed E-state index contributed by atoms with van der Waals surface area (Å²) in [6.07, 6.45) is 23.2. The zero-order valence-electron chi connectivity index (χ0n) is 21.0. The van der Waals surface area contributed by atoms with Crippen molar-refractivity contribution < 1.29 is 14.4 Å². The van der Waals surface area contributed by atoms with Gasteiger partial charge in [0.05, 0.1) is 20.6 Å². The summed E-state index contributed by atoms with van der Waals surface area (Å²) in [5.41, 5.74) is 1.46. The number of rotatable bonds is 19. The number of hydrogen-bond donors (Lipinski definition) is 0. The second-order valence-electron chi connectivity index (χ2n) is 9.70. The number of hydrogen-bond acceptors (Lipinski definition) is 2. The number of carboxylic acid groups (broad SMARTS) is 1. The van der Waals surface area contributed by atoms with Gasteiger partial charge in [0.25, 0.3) is 0 Å². The van der Waals surface area contributed by atoms with Crippen molar-refractivity contribution in [3.63, 3.8) is 0 Å². The lowest BCUT2D eigenvalue weighted by atomic mass is 10.0. The Morgan fingerprint density at radius 2 is 1.03 bits per heavy atom. The Kier molecular flexibility index (Phi) is 20.9. The van der Waals surface area contributed by atoms with Gasteiger partial charge in [0.1, 0.15) is 6.54 Å². The Morgan fingerprint density at radius 1 is 0.677 bits per heavy atom. The van der Waals surface area contributed by atoms with E-state index in [0.29, 0.717) is 0 Å². The van der Waals surface area contributed by atoms with Gasteiger partial charge >= 0.3 is 0 Å². The summed E-state index contributed by atoms with van der Waals surface area (Å²) in [6, 6.07) is 10.9. The van der Waals surface area contributed by atoms with Crippen LogP contribution in [0.15, 0.2) is 30.3 Å². The summed E-state index contributed by atoms with van der Waals surface area (Å²) >= 11 is 0. The highest BCUT2D eigenvalue weighted by atomic mass is 16.3. The highest BCUT2D eigenvalue weighted by molar-refractivity contribution is 5.29. The Labute approximate surface area is 193 Å². The van der Waals surface area contributed by atoms with E-state index in [9.17, 15) is 0 Å². The van der Waals surface area contributed by atoms with Gasteiger partial charge in [0.2, 0.25) is 0 Å². The Bertz CT molecular complexity index is 487. The predicted molar refractivity (Wildman–Crippen MR) is 133 cm³/mol. The van der Waals surface area contributed by atoms with Gasteiger partial charge in [-0.25, -0.2) is 0 Å². The average Bonchev–Trinajstić information content (AvgIpc) is 2.74. The zero-order valence-corrected chi connectivity index (χ0v) is 21.0. The highest BCUT2D eigenvalue weighted by Crippen LogP contribution is 2.15. The van der Waals surface area contributed by atoms with Crippen LogP contribution in [-0.4, -0.2) is 31.6 Å². The fraction of sp³-hybridized carbons (Fsp3) is 0.750. The first kappa shape index (κ1) is 29.7. The van der Waals surface area contributed by atoms with Crippen molar-refractivity contribution in [2.24, 2.45) is 0 Å². The lowest BCUT2D eigenvalue weighted by Crippen LogP contribution is -2.39. The fourth-order valence-corrected chi connectivity index (χ4v) is 4.24. The smallest absolute Gasteiger partial charge is 0.104 e. The van der Waals surface area contributed by atoms with Crippen LogP contribution in [0.5, 0.6) is 0 Å². The van der Waals surface area contributed by atoms with Gasteiger partial charge in [-0.05, 0) is 12.8 Å². The van der Waals surface area contributed by atoms with E-state index in [1.54, 1.807) is 0 Å². The van der Waals surface area contributed by atoms with Crippen LogP contribution in [0.1, 0.15) is 115 Å². The van der Waals surface area contributed by atoms with Crippen LogP contribution in [0, 0.1) is 0 Å². The van der Waals surface area contributed by atoms with Gasteiger partial charge in [-0.3, -0.25) is 0 Å².